The van der Waals surface area contributed by atoms with Gasteiger partial charge < -0.3 is 15.9 Å². The van der Waals surface area contributed by atoms with E-state index in [0.717, 1.165) is 0 Å². The number of hydrogen-bond acceptors (Lipinski definition) is 4. The second-order valence-corrected chi connectivity index (χ2v) is 2.99. The first-order valence-corrected chi connectivity index (χ1v) is 4.31. The van der Waals surface area contributed by atoms with E-state index in [4.69, 9.17) is 5.73 Å². The molecule has 2 atom stereocenters. The second-order valence-electron chi connectivity index (χ2n) is 2.99. The van der Waals surface area contributed by atoms with Crippen molar-refractivity contribution in [3.05, 3.63) is 35.4 Å². The lowest BCUT2D eigenvalue weighted by Gasteiger charge is -2.17. The molecule has 0 aliphatic carbocycles. The third kappa shape index (κ3) is 2.17. The Hall–Kier alpha value is -1.23. The lowest BCUT2D eigenvalue weighted by molar-refractivity contribution is 0.0240. The molecule has 0 spiro atoms. The fraction of sp³-hybridized carbons (Fsp3) is 0.300. The minimum atomic E-state index is -1.11. The molecule has 14 heavy (non-hydrogen) atoms. The Morgan fingerprint density at radius 2 is 2.00 bits per heavy atom. The molecular weight excluding hydrogens is 182 g/mol. The molecule has 0 saturated carbocycles. The standard InChI is InChI=1S/C10H13NO3/c11-5-9(13)10(14)8-4-2-1-3-7(8)6-12/h1-4,6,9-10,13-14H,5,11H2. The fourth-order valence-corrected chi connectivity index (χ4v) is 1.22. The zero-order chi connectivity index (χ0) is 10.6. The van der Waals surface area contributed by atoms with Crippen molar-refractivity contribution in [2.24, 2.45) is 5.73 Å². The molecule has 0 fully saturated rings. The Morgan fingerprint density at radius 3 is 2.57 bits per heavy atom. The van der Waals surface area contributed by atoms with Crippen molar-refractivity contribution in [1.29, 1.82) is 0 Å². The summed E-state index contributed by atoms with van der Waals surface area (Å²) in [5.74, 6) is 0. The average Bonchev–Trinajstić information content (AvgIpc) is 2.26. The minimum absolute atomic E-state index is 0.0473. The molecular formula is C10H13NO3. The number of benzene rings is 1. The summed E-state index contributed by atoms with van der Waals surface area (Å²) >= 11 is 0. The molecule has 0 aromatic heterocycles. The van der Waals surface area contributed by atoms with Crippen LogP contribution in [0, 0.1) is 0 Å². The summed E-state index contributed by atoms with van der Waals surface area (Å²) in [6.07, 6.45) is -1.51. The van der Waals surface area contributed by atoms with Gasteiger partial charge in [0.05, 0.1) is 6.10 Å². The Morgan fingerprint density at radius 1 is 1.36 bits per heavy atom. The maximum atomic E-state index is 10.6. The highest BCUT2D eigenvalue weighted by atomic mass is 16.3. The van der Waals surface area contributed by atoms with Crippen LogP contribution in [-0.4, -0.2) is 29.1 Å². The molecule has 0 amide bonds. The first-order valence-electron chi connectivity index (χ1n) is 4.31. The molecule has 2 unspecified atom stereocenters. The minimum Gasteiger partial charge on any atom is -0.389 e. The molecule has 0 aliphatic rings. The third-order valence-corrected chi connectivity index (χ3v) is 2.05. The highest BCUT2D eigenvalue weighted by molar-refractivity contribution is 5.77. The number of aldehydes is 1. The van der Waals surface area contributed by atoms with Crippen molar-refractivity contribution < 1.29 is 15.0 Å². The first kappa shape index (κ1) is 10.8. The summed E-state index contributed by atoms with van der Waals surface area (Å²) in [6.45, 7) is -0.0473. The average molecular weight is 195 g/mol. The van der Waals surface area contributed by atoms with Crippen molar-refractivity contribution in [3.63, 3.8) is 0 Å². The van der Waals surface area contributed by atoms with E-state index in [2.05, 4.69) is 0 Å². The number of aliphatic hydroxyl groups excluding tert-OH is 2. The first-order chi connectivity index (χ1) is 6.70. The molecule has 1 rings (SSSR count). The van der Waals surface area contributed by atoms with Crippen LogP contribution in [0.4, 0.5) is 0 Å². The van der Waals surface area contributed by atoms with Gasteiger partial charge in [-0.25, -0.2) is 0 Å². The van der Waals surface area contributed by atoms with Gasteiger partial charge in [-0.3, -0.25) is 4.79 Å². The van der Waals surface area contributed by atoms with Gasteiger partial charge in [-0.05, 0) is 5.56 Å². The molecule has 0 saturated heterocycles. The fourth-order valence-electron chi connectivity index (χ4n) is 1.22. The zero-order valence-corrected chi connectivity index (χ0v) is 7.63. The van der Waals surface area contributed by atoms with Crippen LogP contribution in [-0.2, 0) is 0 Å². The lowest BCUT2D eigenvalue weighted by atomic mass is 9.99. The van der Waals surface area contributed by atoms with E-state index in [0.29, 0.717) is 17.4 Å². The van der Waals surface area contributed by atoms with E-state index in [1.807, 2.05) is 0 Å². The Kier molecular flexibility index (Phi) is 3.76. The molecule has 76 valence electrons. The van der Waals surface area contributed by atoms with Gasteiger partial charge in [-0.15, -0.1) is 0 Å². The zero-order valence-electron chi connectivity index (χ0n) is 7.63. The van der Waals surface area contributed by atoms with Gasteiger partial charge in [0.25, 0.3) is 0 Å². The van der Waals surface area contributed by atoms with Gasteiger partial charge >= 0.3 is 0 Å². The molecule has 0 heterocycles. The Labute approximate surface area is 82.0 Å². The molecule has 0 aliphatic heterocycles. The van der Waals surface area contributed by atoms with E-state index >= 15 is 0 Å². The summed E-state index contributed by atoms with van der Waals surface area (Å²) in [4.78, 5) is 10.6. The van der Waals surface area contributed by atoms with Crippen LogP contribution < -0.4 is 5.73 Å². The van der Waals surface area contributed by atoms with Crippen LogP contribution in [0.3, 0.4) is 0 Å². The summed E-state index contributed by atoms with van der Waals surface area (Å²) in [6, 6.07) is 6.55. The quantitative estimate of drug-likeness (QED) is 0.583. The van der Waals surface area contributed by atoms with Gasteiger partial charge in [-0.1, -0.05) is 24.3 Å². The van der Waals surface area contributed by atoms with Crippen molar-refractivity contribution in [2.75, 3.05) is 6.54 Å². The molecule has 1 aromatic rings. The van der Waals surface area contributed by atoms with Crippen molar-refractivity contribution >= 4 is 6.29 Å². The van der Waals surface area contributed by atoms with Crippen LogP contribution >= 0.6 is 0 Å². The summed E-state index contributed by atoms with van der Waals surface area (Å²) < 4.78 is 0. The Balaban J connectivity index is 2.99. The molecule has 0 bridgehead atoms. The maximum absolute atomic E-state index is 10.6. The summed E-state index contributed by atoms with van der Waals surface area (Å²) in [7, 11) is 0. The normalized spacial score (nSPS) is 14.8. The van der Waals surface area contributed by atoms with Crippen molar-refractivity contribution in [3.8, 4) is 0 Å². The highest BCUT2D eigenvalue weighted by Gasteiger charge is 2.18. The van der Waals surface area contributed by atoms with Gasteiger partial charge in [0.1, 0.15) is 12.4 Å². The topological polar surface area (TPSA) is 83.6 Å². The number of rotatable bonds is 4. The molecule has 1 aromatic carbocycles. The number of carbonyl (C=O) groups excluding carboxylic acids is 1. The molecule has 4 heteroatoms. The predicted octanol–water partition coefficient (Wildman–Crippen LogP) is -0.148. The number of nitrogens with two attached hydrogens (primary N) is 1. The SMILES string of the molecule is NCC(O)C(O)c1ccccc1C=O. The Bertz CT molecular complexity index is 314. The largest absolute Gasteiger partial charge is 0.389 e. The van der Waals surface area contributed by atoms with E-state index in [1.165, 1.54) is 0 Å². The van der Waals surface area contributed by atoms with E-state index in [-0.39, 0.29) is 6.54 Å². The van der Waals surface area contributed by atoms with E-state index in [9.17, 15) is 15.0 Å². The number of carbonyl (C=O) groups is 1. The van der Waals surface area contributed by atoms with Crippen LogP contribution in [0.1, 0.15) is 22.0 Å². The van der Waals surface area contributed by atoms with Crippen LogP contribution in [0.25, 0.3) is 0 Å². The predicted molar refractivity (Wildman–Crippen MR) is 51.9 cm³/mol. The van der Waals surface area contributed by atoms with Crippen molar-refractivity contribution in [2.45, 2.75) is 12.2 Å². The van der Waals surface area contributed by atoms with Crippen LogP contribution in [0.15, 0.2) is 24.3 Å². The van der Waals surface area contributed by atoms with Crippen molar-refractivity contribution in [1.82, 2.24) is 0 Å². The highest BCUT2D eigenvalue weighted by Crippen LogP contribution is 2.19. The third-order valence-electron chi connectivity index (χ3n) is 2.05. The van der Waals surface area contributed by atoms with E-state index < -0.39 is 12.2 Å². The van der Waals surface area contributed by atoms with Gasteiger partial charge in [0, 0.05) is 12.1 Å². The lowest BCUT2D eigenvalue weighted by Crippen LogP contribution is -2.27. The maximum Gasteiger partial charge on any atom is 0.150 e. The van der Waals surface area contributed by atoms with Crippen LogP contribution in [0.2, 0.25) is 0 Å². The van der Waals surface area contributed by atoms with Gasteiger partial charge in [0.15, 0.2) is 0 Å². The smallest absolute Gasteiger partial charge is 0.150 e. The van der Waals surface area contributed by atoms with Gasteiger partial charge in [-0.2, -0.15) is 0 Å². The molecule has 0 radical (unpaired) electrons. The summed E-state index contributed by atoms with van der Waals surface area (Å²) in [5.41, 5.74) is 5.97. The monoisotopic (exact) mass is 195 g/mol. The van der Waals surface area contributed by atoms with E-state index in [1.54, 1.807) is 24.3 Å². The number of aliphatic hydroxyl groups is 2. The van der Waals surface area contributed by atoms with Crippen LogP contribution in [0.5, 0.6) is 0 Å². The summed E-state index contributed by atoms with van der Waals surface area (Å²) in [5, 5.41) is 18.9. The molecule has 4 N–H and O–H groups in total. The second kappa shape index (κ2) is 4.85. The molecule has 4 nitrogen and oxygen atoms in total. The number of hydrogen-bond donors (Lipinski definition) is 3. The van der Waals surface area contributed by atoms with Gasteiger partial charge in [0.2, 0.25) is 0 Å².